The number of urea groups is 1. The zero-order chi connectivity index (χ0) is 13.8. The van der Waals surface area contributed by atoms with Crippen molar-refractivity contribution in [3.8, 4) is 0 Å². The van der Waals surface area contributed by atoms with Gasteiger partial charge in [0.25, 0.3) is 0 Å². The molecule has 2 amide bonds. The van der Waals surface area contributed by atoms with Crippen LogP contribution in [0.3, 0.4) is 0 Å². The van der Waals surface area contributed by atoms with Gasteiger partial charge < -0.3 is 15.3 Å². The van der Waals surface area contributed by atoms with E-state index in [1.807, 2.05) is 4.90 Å². The number of aliphatic carboxylic acids is 1. The van der Waals surface area contributed by atoms with Gasteiger partial charge in [-0.2, -0.15) is 0 Å². The molecule has 0 aromatic heterocycles. The first kappa shape index (κ1) is 14.2. The number of hydrogen-bond donors (Lipinski definition) is 2. The van der Waals surface area contributed by atoms with Crippen LogP contribution < -0.4 is 5.32 Å². The fourth-order valence-corrected chi connectivity index (χ4v) is 2.81. The van der Waals surface area contributed by atoms with Crippen LogP contribution in [0.1, 0.15) is 45.4 Å². The lowest BCUT2D eigenvalue weighted by Gasteiger charge is -2.33. The molecule has 2 N–H and O–H groups in total. The van der Waals surface area contributed by atoms with Gasteiger partial charge in [0.15, 0.2) is 0 Å². The van der Waals surface area contributed by atoms with Crippen molar-refractivity contribution in [2.24, 2.45) is 11.8 Å². The van der Waals surface area contributed by atoms with Crippen LogP contribution in [0.4, 0.5) is 4.79 Å². The molecule has 0 bridgehead atoms. The highest BCUT2D eigenvalue weighted by atomic mass is 16.4. The summed E-state index contributed by atoms with van der Waals surface area (Å²) in [5, 5.41) is 11.8. The monoisotopic (exact) mass is 268 g/mol. The number of carbonyl (C=O) groups excluding carboxylic acids is 1. The van der Waals surface area contributed by atoms with Crippen LogP contribution in [-0.4, -0.2) is 41.1 Å². The summed E-state index contributed by atoms with van der Waals surface area (Å²) in [5.74, 6) is 0.257. The zero-order valence-electron chi connectivity index (χ0n) is 11.6. The molecule has 1 saturated carbocycles. The molecule has 0 radical (unpaired) electrons. The van der Waals surface area contributed by atoms with Crippen molar-refractivity contribution in [1.82, 2.24) is 10.2 Å². The number of carboxylic acid groups (broad SMARTS) is 1. The highest BCUT2D eigenvalue weighted by Gasteiger charge is 2.31. The van der Waals surface area contributed by atoms with Crippen LogP contribution >= 0.6 is 0 Å². The Balaban J connectivity index is 1.75. The van der Waals surface area contributed by atoms with E-state index in [4.69, 9.17) is 5.11 Å². The van der Waals surface area contributed by atoms with Gasteiger partial charge >= 0.3 is 12.0 Å². The van der Waals surface area contributed by atoms with E-state index in [1.165, 1.54) is 12.8 Å². The molecule has 2 aliphatic rings. The van der Waals surface area contributed by atoms with Crippen molar-refractivity contribution in [3.63, 3.8) is 0 Å². The Labute approximate surface area is 114 Å². The van der Waals surface area contributed by atoms with Crippen molar-refractivity contribution in [3.05, 3.63) is 0 Å². The van der Waals surface area contributed by atoms with Crippen LogP contribution in [0, 0.1) is 11.8 Å². The first-order valence-corrected chi connectivity index (χ1v) is 7.33. The Morgan fingerprint density at radius 1 is 1.37 bits per heavy atom. The molecule has 5 nitrogen and oxygen atoms in total. The molecule has 2 fully saturated rings. The van der Waals surface area contributed by atoms with Gasteiger partial charge in [0.2, 0.25) is 0 Å². The first-order valence-electron chi connectivity index (χ1n) is 7.33. The number of piperidine rings is 1. The molecule has 0 aromatic carbocycles. The van der Waals surface area contributed by atoms with Gasteiger partial charge in [-0.15, -0.1) is 0 Å². The highest BCUT2D eigenvalue weighted by Crippen LogP contribution is 2.32. The van der Waals surface area contributed by atoms with Gasteiger partial charge in [0.1, 0.15) is 0 Å². The van der Waals surface area contributed by atoms with Crippen molar-refractivity contribution < 1.29 is 14.7 Å². The Morgan fingerprint density at radius 3 is 2.74 bits per heavy atom. The lowest BCUT2D eigenvalue weighted by molar-refractivity contribution is -0.137. The average molecular weight is 268 g/mol. The Kier molecular flexibility index (Phi) is 4.66. The third-order valence-corrected chi connectivity index (χ3v) is 4.25. The summed E-state index contributed by atoms with van der Waals surface area (Å²) in [6, 6.07) is 0.298. The summed E-state index contributed by atoms with van der Waals surface area (Å²) in [7, 11) is 0. The van der Waals surface area contributed by atoms with E-state index in [1.54, 1.807) is 0 Å². The van der Waals surface area contributed by atoms with Crippen molar-refractivity contribution in [2.45, 2.75) is 51.5 Å². The second-order valence-corrected chi connectivity index (χ2v) is 5.96. The maximum atomic E-state index is 12.1. The molecule has 2 unspecified atom stereocenters. The van der Waals surface area contributed by atoms with Crippen LogP contribution in [0.15, 0.2) is 0 Å². The molecular weight excluding hydrogens is 244 g/mol. The van der Waals surface area contributed by atoms with Gasteiger partial charge in [-0.25, -0.2) is 4.79 Å². The number of likely N-dealkylation sites (tertiary alicyclic amines) is 1. The van der Waals surface area contributed by atoms with Gasteiger partial charge in [-0.05, 0) is 50.9 Å². The lowest BCUT2D eigenvalue weighted by atomic mass is 9.93. The minimum atomic E-state index is -0.746. The van der Waals surface area contributed by atoms with Crippen molar-refractivity contribution >= 4 is 12.0 Å². The smallest absolute Gasteiger partial charge is 0.317 e. The minimum absolute atomic E-state index is 0.0272. The molecule has 2 rings (SSSR count). The topological polar surface area (TPSA) is 69.6 Å². The second-order valence-electron chi connectivity index (χ2n) is 5.96. The Hall–Kier alpha value is -1.26. The van der Waals surface area contributed by atoms with E-state index in [9.17, 15) is 9.59 Å². The summed E-state index contributed by atoms with van der Waals surface area (Å²) in [6.45, 7) is 3.57. The summed E-state index contributed by atoms with van der Waals surface area (Å²) in [4.78, 5) is 24.6. The third kappa shape index (κ3) is 4.40. The first-order chi connectivity index (χ1) is 9.06. The lowest BCUT2D eigenvalue weighted by Crippen LogP contribution is -2.48. The average Bonchev–Trinajstić information content (AvgIpc) is 3.21. The molecule has 1 heterocycles. The predicted molar refractivity (Wildman–Crippen MR) is 71.9 cm³/mol. The molecular formula is C14H24N2O3. The molecule has 108 valence electrons. The van der Waals surface area contributed by atoms with Gasteiger partial charge in [0, 0.05) is 25.6 Å². The SMILES string of the molecule is CC(NC(=O)N1CCCC(CCC(=O)O)C1)C1CC1. The molecule has 2 atom stereocenters. The van der Waals surface area contributed by atoms with Crippen LogP contribution in [0.2, 0.25) is 0 Å². The largest absolute Gasteiger partial charge is 0.481 e. The summed E-state index contributed by atoms with van der Waals surface area (Å²) in [5.41, 5.74) is 0. The maximum Gasteiger partial charge on any atom is 0.317 e. The van der Waals surface area contributed by atoms with Crippen LogP contribution in [0.5, 0.6) is 0 Å². The van der Waals surface area contributed by atoms with Crippen LogP contribution in [0.25, 0.3) is 0 Å². The van der Waals surface area contributed by atoms with Crippen molar-refractivity contribution in [2.75, 3.05) is 13.1 Å². The summed E-state index contributed by atoms with van der Waals surface area (Å²) >= 11 is 0. The predicted octanol–water partition coefficient (Wildman–Crippen LogP) is 2.07. The molecule has 1 aliphatic carbocycles. The number of nitrogens with one attached hydrogen (secondary N) is 1. The maximum absolute atomic E-state index is 12.1. The molecule has 5 heteroatoms. The molecule has 1 aliphatic heterocycles. The number of carbonyl (C=O) groups is 2. The van der Waals surface area contributed by atoms with E-state index in [2.05, 4.69) is 12.2 Å². The Morgan fingerprint density at radius 2 is 2.11 bits per heavy atom. The number of hydrogen-bond acceptors (Lipinski definition) is 2. The number of nitrogens with zero attached hydrogens (tertiary/aromatic N) is 1. The van der Waals surface area contributed by atoms with Gasteiger partial charge in [-0.1, -0.05) is 0 Å². The minimum Gasteiger partial charge on any atom is -0.481 e. The normalized spacial score (nSPS) is 24.9. The second kappa shape index (κ2) is 6.26. The number of rotatable bonds is 5. The fraction of sp³-hybridized carbons (Fsp3) is 0.857. The summed E-state index contributed by atoms with van der Waals surface area (Å²) < 4.78 is 0. The van der Waals surface area contributed by atoms with Crippen LogP contribution in [-0.2, 0) is 4.79 Å². The number of carboxylic acids is 1. The van der Waals surface area contributed by atoms with E-state index >= 15 is 0 Å². The number of amides is 2. The summed E-state index contributed by atoms with van der Waals surface area (Å²) in [6.07, 6.45) is 5.35. The molecule has 19 heavy (non-hydrogen) atoms. The van der Waals surface area contributed by atoms with E-state index in [0.717, 1.165) is 19.4 Å². The quantitative estimate of drug-likeness (QED) is 0.802. The third-order valence-electron chi connectivity index (χ3n) is 4.25. The standard InChI is InChI=1S/C14H24N2O3/c1-10(12-5-6-12)15-14(19)16-8-2-3-11(9-16)4-7-13(17)18/h10-12H,2-9H2,1H3,(H,15,19)(H,17,18). The van der Waals surface area contributed by atoms with Gasteiger partial charge in [-0.3, -0.25) is 4.79 Å². The highest BCUT2D eigenvalue weighted by molar-refractivity contribution is 5.74. The van der Waals surface area contributed by atoms with E-state index in [-0.39, 0.29) is 18.5 Å². The zero-order valence-corrected chi connectivity index (χ0v) is 11.6. The van der Waals surface area contributed by atoms with E-state index in [0.29, 0.717) is 24.8 Å². The van der Waals surface area contributed by atoms with E-state index < -0.39 is 5.97 Å². The molecule has 1 saturated heterocycles. The van der Waals surface area contributed by atoms with Gasteiger partial charge in [0.05, 0.1) is 0 Å². The fourth-order valence-electron chi connectivity index (χ4n) is 2.81. The molecule has 0 aromatic rings. The van der Waals surface area contributed by atoms with Crippen molar-refractivity contribution in [1.29, 1.82) is 0 Å². The Bertz CT molecular complexity index is 342. The molecule has 0 spiro atoms.